The molecule has 1 nitrogen and oxygen atoms in total. The van der Waals surface area contributed by atoms with Crippen molar-refractivity contribution in [2.24, 2.45) is 4.99 Å². The lowest BCUT2D eigenvalue weighted by Gasteiger charge is -1.90. The van der Waals surface area contributed by atoms with E-state index in [4.69, 9.17) is 0 Å². The van der Waals surface area contributed by atoms with Crippen molar-refractivity contribution in [1.82, 2.24) is 0 Å². The molecule has 0 N–H and O–H groups in total. The minimum absolute atomic E-state index is 0.882. The first-order valence-electron chi connectivity index (χ1n) is 2.58. The summed E-state index contributed by atoms with van der Waals surface area (Å²) in [5.41, 5.74) is 0.882. The van der Waals surface area contributed by atoms with Crippen LogP contribution in [0.1, 0.15) is 0 Å². The molecule has 0 amide bonds. The van der Waals surface area contributed by atoms with Crippen molar-refractivity contribution in [2.75, 3.05) is 0 Å². The summed E-state index contributed by atoms with van der Waals surface area (Å²) < 4.78 is 0. The maximum Gasteiger partial charge on any atom is 0.0623 e. The zero-order valence-electron chi connectivity index (χ0n) is 4.91. The second-order valence-electron chi connectivity index (χ2n) is 1.67. The molecular formula is C7H7NS. The molecule has 1 rings (SSSR count). The fourth-order valence-corrected chi connectivity index (χ4v) is 0.707. The van der Waals surface area contributed by atoms with Crippen LogP contribution >= 0.6 is 12.6 Å². The quantitative estimate of drug-likeness (QED) is 0.450. The predicted octanol–water partition coefficient (Wildman–Crippen LogP) is 2.31. The van der Waals surface area contributed by atoms with Crippen LogP contribution in [0.3, 0.4) is 0 Å². The summed E-state index contributed by atoms with van der Waals surface area (Å²) in [7, 11) is 0. The van der Waals surface area contributed by atoms with Crippen LogP contribution in [0.15, 0.2) is 34.2 Å². The van der Waals surface area contributed by atoms with Crippen LogP contribution in [0.25, 0.3) is 0 Å². The Morgan fingerprint density at radius 2 is 1.78 bits per heavy atom. The van der Waals surface area contributed by atoms with Gasteiger partial charge in [0.25, 0.3) is 0 Å². The molecule has 0 saturated heterocycles. The molecular weight excluding hydrogens is 130 g/mol. The van der Waals surface area contributed by atoms with Gasteiger partial charge in [-0.2, -0.15) is 0 Å². The summed E-state index contributed by atoms with van der Waals surface area (Å²) in [6, 6.07) is 7.50. The zero-order chi connectivity index (χ0) is 6.69. The predicted molar refractivity (Wildman–Crippen MR) is 42.9 cm³/mol. The van der Waals surface area contributed by atoms with E-state index in [2.05, 4.69) is 24.3 Å². The Bertz CT molecular complexity index is 203. The Hall–Kier alpha value is -0.760. The van der Waals surface area contributed by atoms with Crippen LogP contribution in [0.2, 0.25) is 0 Å². The van der Waals surface area contributed by atoms with Gasteiger partial charge >= 0.3 is 0 Å². The summed E-state index contributed by atoms with van der Waals surface area (Å²) in [6.07, 6.45) is 0. The highest BCUT2D eigenvalue weighted by atomic mass is 32.1. The van der Waals surface area contributed by atoms with Gasteiger partial charge in [-0.1, -0.05) is 0 Å². The maximum absolute atomic E-state index is 4.11. The smallest absolute Gasteiger partial charge is 0.0623 e. The lowest BCUT2D eigenvalue weighted by molar-refractivity contribution is 1.44. The van der Waals surface area contributed by atoms with Gasteiger partial charge in [0.05, 0.1) is 5.69 Å². The summed E-state index contributed by atoms with van der Waals surface area (Å²) in [4.78, 5) is 4.67. The van der Waals surface area contributed by atoms with Crippen molar-refractivity contribution in [3.05, 3.63) is 24.3 Å². The van der Waals surface area contributed by atoms with Gasteiger partial charge in [-0.15, -0.1) is 12.6 Å². The average Bonchev–Trinajstić information content (AvgIpc) is 1.90. The molecule has 0 aromatic heterocycles. The van der Waals surface area contributed by atoms with Gasteiger partial charge in [-0.3, -0.25) is 4.99 Å². The molecule has 46 valence electrons. The Kier molecular flexibility index (Phi) is 1.90. The normalized spacial score (nSPS) is 9.00. The third-order valence-electron chi connectivity index (χ3n) is 1.03. The average molecular weight is 137 g/mol. The van der Waals surface area contributed by atoms with E-state index >= 15 is 0 Å². The van der Waals surface area contributed by atoms with E-state index in [-0.39, 0.29) is 0 Å². The summed E-state index contributed by atoms with van der Waals surface area (Å²) in [5, 5.41) is 0. The van der Waals surface area contributed by atoms with E-state index in [1.165, 1.54) is 0 Å². The Labute approximate surface area is 59.8 Å². The first-order valence-corrected chi connectivity index (χ1v) is 3.03. The third-order valence-corrected chi connectivity index (χ3v) is 1.33. The van der Waals surface area contributed by atoms with E-state index in [0.717, 1.165) is 10.6 Å². The number of aliphatic imine (C=N–C) groups is 1. The van der Waals surface area contributed by atoms with Crippen molar-refractivity contribution in [3.63, 3.8) is 0 Å². The fraction of sp³-hybridized carbons (Fsp3) is 0. The number of nitrogens with zero attached hydrogens (tertiary/aromatic N) is 1. The van der Waals surface area contributed by atoms with Gasteiger partial charge in [0.1, 0.15) is 0 Å². The van der Waals surface area contributed by atoms with Crippen molar-refractivity contribution in [2.45, 2.75) is 4.90 Å². The highest BCUT2D eigenvalue weighted by Crippen LogP contribution is 2.13. The van der Waals surface area contributed by atoms with Gasteiger partial charge in [0.2, 0.25) is 0 Å². The SMILES string of the molecule is C=Nc1ccc(S)cc1. The van der Waals surface area contributed by atoms with E-state index in [0.29, 0.717) is 0 Å². The lowest BCUT2D eigenvalue weighted by atomic mass is 10.3. The van der Waals surface area contributed by atoms with Gasteiger partial charge in [-0.25, -0.2) is 0 Å². The Morgan fingerprint density at radius 1 is 1.22 bits per heavy atom. The lowest BCUT2D eigenvalue weighted by Crippen LogP contribution is -1.62. The fourth-order valence-electron chi connectivity index (χ4n) is 0.558. The van der Waals surface area contributed by atoms with Gasteiger partial charge < -0.3 is 0 Å². The summed E-state index contributed by atoms with van der Waals surface area (Å²) in [5.74, 6) is 0. The molecule has 0 atom stereocenters. The first kappa shape index (κ1) is 6.36. The molecule has 1 aromatic carbocycles. The second kappa shape index (κ2) is 2.69. The summed E-state index contributed by atoms with van der Waals surface area (Å²) in [6.45, 7) is 3.39. The molecule has 0 bridgehead atoms. The molecule has 0 fully saturated rings. The van der Waals surface area contributed by atoms with E-state index in [1.807, 2.05) is 24.3 Å². The standard InChI is InChI=1S/C7H7NS/c1-8-6-2-4-7(9)5-3-6/h2-5,9H,1H2. The van der Waals surface area contributed by atoms with Crippen molar-refractivity contribution in [3.8, 4) is 0 Å². The zero-order valence-corrected chi connectivity index (χ0v) is 5.81. The number of hydrogen-bond donors (Lipinski definition) is 1. The van der Waals surface area contributed by atoms with Crippen molar-refractivity contribution in [1.29, 1.82) is 0 Å². The first-order chi connectivity index (χ1) is 4.33. The number of benzene rings is 1. The van der Waals surface area contributed by atoms with E-state index in [9.17, 15) is 0 Å². The van der Waals surface area contributed by atoms with Crippen molar-refractivity contribution >= 4 is 25.0 Å². The molecule has 0 aliphatic carbocycles. The van der Waals surface area contributed by atoms with E-state index in [1.54, 1.807) is 0 Å². The van der Waals surface area contributed by atoms with Crippen molar-refractivity contribution < 1.29 is 0 Å². The number of hydrogen-bond acceptors (Lipinski definition) is 2. The largest absolute Gasteiger partial charge is 0.265 e. The highest BCUT2D eigenvalue weighted by molar-refractivity contribution is 7.80. The van der Waals surface area contributed by atoms with E-state index < -0.39 is 0 Å². The monoisotopic (exact) mass is 137 g/mol. The van der Waals surface area contributed by atoms with Crippen LogP contribution in [0.5, 0.6) is 0 Å². The van der Waals surface area contributed by atoms with Gasteiger partial charge in [0, 0.05) is 4.90 Å². The highest BCUT2D eigenvalue weighted by Gasteiger charge is 1.83. The molecule has 0 unspecified atom stereocenters. The topological polar surface area (TPSA) is 12.4 Å². The number of rotatable bonds is 1. The molecule has 9 heavy (non-hydrogen) atoms. The Morgan fingerprint density at radius 3 is 2.22 bits per heavy atom. The molecule has 0 heterocycles. The number of thiol groups is 1. The molecule has 0 spiro atoms. The second-order valence-corrected chi connectivity index (χ2v) is 2.19. The third kappa shape index (κ3) is 1.57. The minimum Gasteiger partial charge on any atom is -0.265 e. The molecule has 0 aliphatic rings. The maximum atomic E-state index is 4.11. The molecule has 0 radical (unpaired) electrons. The van der Waals surface area contributed by atoms with Crippen LogP contribution in [0.4, 0.5) is 5.69 Å². The molecule has 1 aromatic rings. The van der Waals surface area contributed by atoms with Crippen LogP contribution in [-0.2, 0) is 0 Å². The van der Waals surface area contributed by atoms with Gasteiger partial charge in [0.15, 0.2) is 0 Å². The van der Waals surface area contributed by atoms with Gasteiger partial charge in [-0.05, 0) is 31.0 Å². The van der Waals surface area contributed by atoms with Crippen LogP contribution in [-0.4, -0.2) is 6.72 Å². The molecule has 2 heteroatoms. The Balaban J connectivity index is 3.01. The van der Waals surface area contributed by atoms with Crippen LogP contribution in [0, 0.1) is 0 Å². The summed E-state index contributed by atoms with van der Waals surface area (Å²) >= 11 is 4.11. The minimum atomic E-state index is 0.882. The molecule has 0 saturated carbocycles. The molecule has 0 aliphatic heterocycles. The van der Waals surface area contributed by atoms with Crippen LogP contribution < -0.4 is 0 Å².